The molecule has 4 aromatic rings. The Balaban J connectivity index is 1.17. The molecule has 0 saturated carbocycles. The molecule has 1 aliphatic rings. The van der Waals surface area contributed by atoms with Crippen molar-refractivity contribution in [2.45, 2.75) is 25.3 Å². The molecule has 0 heterocycles. The normalized spacial score (nSPS) is 12.5. The molecule has 7 heteroatoms. The van der Waals surface area contributed by atoms with Gasteiger partial charge in [0, 0.05) is 18.0 Å². The van der Waals surface area contributed by atoms with Gasteiger partial charge in [-0.3, -0.25) is 9.59 Å². The lowest BCUT2D eigenvalue weighted by Crippen LogP contribution is -2.48. The van der Waals surface area contributed by atoms with Crippen molar-refractivity contribution in [1.29, 1.82) is 0 Å². The molecule has 1 atom stereocenters. The van der Waals surface area contributed by atoms with Gasteiger partial charge in [0.15, 0.2) is 0 Å². The average Bonchev–Trinajstić information content (AvgIpc) is 3.29. The van der Waals surface area contributed by atoms with Crippen molar-refractivity contribution in [1.82, 2.24) is 10.6 Å². The van der Waals surface area contributed by atoms with Crippen LogP contribution in [0.25, 0.3) is 11.1 Å². The smallest absolute Gasteiger partial charge is 0.407 e. The number of benzene rings is 4. The molecule has 4 aromatic carbocycles. The SMILES string of the molecule is Cc1cccc(NC(=O)[C@H](Cc2ccccc2)NC(=O)CNC(=O)OCC2c3ccccc3-c3ccccc32)c1. The Kier molecular flexibility index (Phi) is 8.21. The zero-order valence-electron chi connectivity index (χ0n) is 22.2. The van der Waals surface area contributed by atoms with E-state index in [4.69, 9.17) is 4.74 Å². The second kappa shape index (κ2) is 12.3. The van der Waals surface area contributed by atoms with Crippen LogP contribution in [-0.2, 0) is 20.7 Å². The predicted octanol–water partition coefficient (Wildman–Crippen LogP) is 5.20. The van der Waals surface area contributed by atoms with Crippen molar-refractivity contribution in [3.05, 3.63) is 125 Å². The fraction of sp³-hybridized carbons (Fsp3) is 0.182. The lowest BCUT2D eigenvalue weighted by molar-refractivity contribution is -0.125. The van der Waals surface area contributed by atoms with E-state index >= 15 is 0 Å². The molecule has 40 heavy (non-hydrogen) atoms. The lowest BCUT2D eigenvalue weighted by Gasteiger charge is -2.19. The number of aryl methyl sites for hydroxylation is 1. The topological polar surface area (TPSA) is 96.5 Å². The summed E-state index contributed by atoms with van der Waals surface area (Å²) in [4.78, 5) is 38.4. The molecule has 0 spiro atoms. The first-order valence-electron chi connectivity index (χ1n) is 13.3. The maximum Gasteiger partial charge on any atom is 0.407 e. The maximum absolute atomic E-state index is 13.1. The van der Waals surface area contributed by atoms with Crippen molar-refractivity contribution in [3.63, 3.8) is 0 Å². The molecule has 0 aromatic heterocycles. The summed E-state index contributed by atoms with van der Waals surface area (Å²) in [5, 5.41) is 8.15. The molecule has 0 unspecified atom stereocenters. The van der Waals surface area contributed by atoms with Gasteiger partial charge in [-0.15, -0.1) is 0 Å². The van der Waals surface area contributed by atoms with Crippen LogP contribution in [0.2, 0.25) is 0 Å². The molecule has 3 amide bonds. The van der Waals surface area contributed by atoms with E-state index in [1.165, 1.54) is 0 Å². The number of ether oxygens (including phenoxy) is 1. The monoisotopic (exact) mass is 533 g/mol. The van der Waals surface area contributed by atoms with Crippen LogP contribution in [0.3, 0.4) is 0 Å². The fourth-order valence-electron chi connectivity index (χ4n) is 5.06. The fourth-order valence-corrected chi connectivity index (χ4v) is 5.06. The van der Waals surface area contributed by atoms with Gasteiger partial charge in [-0.25, -0.2) is 4.79 Å². The molecule has 1 aliphatic carbocycles. The summed E-state index contributed by atoms with van der Waals surface area (Å²) in [6, 6.07) is 32.2. The van der Waals surface area contributed by atoms with Gasteiger partial charge in [-0.2, -0.15) is 0 Å². The number of hydrogen-bond acceptors (Lipinski definition) is 4. The van der Waals surface area contributed by atoms with E-state index in [2.05, 4.69) is 28.1 Å². The number of nitrogens with one attached hydrogen (secondary N) is 3. The number of hydrogen-bond donors (Lipinski definition) is 3. The summed E-state index contributed by atoms with van der Waals surface area (Å²) in [5.41, 5.74) is 7.05. The van der Waals surface area contributed by atoms with Crippen LogP contribution in [-0.4, -0.2) is 37.1 Å². The number of carbonyl (C=O) groups is 3. The van der Waals surface area contributed by atoms with Crippen LogP contribution in [0, 0.1) is 6.92 Å². The van der Waals surface area contributed by atoms with Gasteiger partial charge in [0.25, 0.3) is 0 Å². The first-order valence-corrected chi connectivity index (χ1v) is 13.3. The van der Waals surface area contributed by atoms with Gasteiger partial charge in [0.2, 0.25) is 11.8 Å². The summed E-state index contributed by atoms with van der Waals surface area (Å²) >= 11 is 0. The highest BCUT2D eigenvalue weighted by atomic mass is 16.5. The Morgan fingerprint density at radius 2 is 1.45 bits per heavy atom. The predicted molar refractivity (Wildman–Crippen MR) is 155 cm³/mol. The van der Waals surface area contributed by atoms with Crippen LogP contribution < -0.4 is 16.0 Å². The molecule has 5 rings (SSSR count). The van der Waals surface area contributed by atoms with Gasteiger partial charge < -0.3 is 20.7 Å². The number of fused-ring (bicyclic) bond motifs is 3. The highest BCUT2D eigenvalue weighted by Gasteiger charge is 2.29. The van der Waals surface area contributed by atoms with E-state index in [1.54, 1.807) is 6.07 Å². The Morgan fingerprint density at radius 3 is 2.12 bits per heavy atom. The number of carbonyl (C=O) groups excluding carboxylic acids is 3. The molecule has 0 aliphatic heterocycles. The van der Waals surface area contributed by atoms with Crippen LogP contribution >= 0.6 is 0 Å². The molecule has 0 fully saturated rings. The van der Waals surface area contributed by atoms with Gasteiger partial charge in [0.05, 0.1) is 0 Å². The third-order valence-electron chi connectivity index (χ3n) is 6.96. The van der Waals surface area contributed by atoms with Crippen molar-refractivity contribution >= 4 is 23.6 Å². The molecule has 202 valence electrons. The Bertz CT molecular complexity index is 1470. The summed E-state index contributed by atoms with van der Waals surface area (Å²) in [7, 11) is 0. The second-order valence-corrected chi connectivity index (χ2v) is 9.85. The average molecular weight is 534 g/mol. The van der Waals surface area contributed by atoms with E-state index in [0.717, 1.165) is 33.4 Å². The quantitative estimate of drug-likeness (QED) is 0.276. The molecule has 0 bridgehead atoms. The van der Waals surface area contributed by atoms with Crippen molar-refractivity contribution in [2.75, 3.05) is 18.5 Å². The van der Waals surface area contributed by atoms with E-state index in [1.807, 2.05) is 91.9 Å². The summed E-state index contributed by atoms with van der Waals surface area (Å²) in [6.45, 7) is 1.77. The van der Waals surface area contributed by atoms with Crippen molar-refractivity contribution in [3.8, 4) is 11.1 Å². The van der Waals surface area contributed by atoms with Crippen LogP contribution in [0.5, 0.6) is 0 Å². The van der Waals surface area contributed by atoms with Gasteiger partial charge in [0.1, 0.15) is 19.2 Å². The van der Waals surface area contributed by atoms with E-state index in [0.29, 0.717) is 12.1 Å². The number of rotatable bonds is 9. The van der Waals surface area contributed by atoms with E-state index in [9.17, 15) is 14.4 Å². The standard InChI is InChI=1S/C33H31N3O4/c1-22-10-9-13-24(18-22)35-32(38)30(19-23-11-3-2-4-12-23)36-31(37)20-34-33(39)40-21-29-27-16-7-5-14-25(27)26-15-6-8-17-28(26)29/h2-18,29-30H,19-21H2,1H3,(H,34,39)(H,35,38)(H,36,37)/t30-/m0/s1. The second-order valence-electron chi connectivity index (χ2n) is 9.85. The largest absolute Gasteiger partial charge is 0.449 e. The van der Waals surface area contributed by atoms with Crippen LogP contribution in [0.4, 0.5) is 10.5 Å². The highest BCUT2D eigenvalue weighted by molar-refractivity contribution is 5.98. The minimum absolute atomic E-state index is 0.0763. The highest BCUT2D eigenvalue weighted by Crippen LogP contribution is 2.44. The van der Waals surface area contributed by atoms with Crippen LogP contribution in [0.1, 0.15) is 28.2 Å². The Hall–Kier alpha value is -4.91. The number of anilines is 1. The third kappa shape index (κ3) is 6.38. The van der Waals surface area contributed by atoms with Crippen molar-refractivity contribution in [2.24, 2.45) is 0 Å². The first kappa shape index (κ1) is 26.7. The zero-order chi connectivity index (χ0) is 27.9. The summed E-state index contributed by atoms with van der Waals surface area (Å²) < 4.78 is 5.52. The van der Waals surface area contributed by atoms with E-state index in [-0.39, 0.29) is 25.0 Å². The molecule has 3 N–H and O–H groups in total. The van der Waals surface area contributed by atoms with Crippen LogP contribution in [0.15, 0.2) is 103 Å². The van der Waals surface area contributed by atoms with Gasteiger partial charge >= 0.3 is 6.09 Å². The maximum atomic E-state index is 13.1. The molecular weight excluding hydrogens is 502 g/mol. The minimum Gasteiger partial charge on any atom is -0.449 e. The molecule has 0 saturated heterocycles. The molecule has 7 nitrogen and oxygen atoms in total. The molecule has 0 radical (unpaired) electrons. The Morgan fingerprint density at radius 1 is 0.800 bits per heavy atom. The Labute approximate surface area is 233 Å². The summed E-state index contributed by atoms with van der Waals surface area (Å²) in [6.07, 6.45) is -0.393. The van der Waals surface area contributed by atoms with E-state index < -0.39 is 18.0 Å². The number of alkyl carbamates (subject to hydrolysis) is 1. The minimum atomic E-state index is -0.834. The molecular formula is C33H31N3O4. The summed E-state index contributed by atoms with van der Waals surface area (Å²) in [5.74, 6) is -0.912. The lowest BCUT2D eigenvalue weighted by atomic mass is 9.98. The number of amides is 3. The van der Waals surface area contributed by atoms with Crippen molar-refractivity contribution < 1.29 is 19.1 Å². The zero-order valence-corrected chi connectivity index (χ0v) is 22.2. The van der Waals surface area contributed by atoms with Gasteiger partial charge in [-0.1, -0.05) is 91.0 Å². The van der Waals surface area contributed by atoms with Gasteiger partial charge in [-0.05, 0) is 52.4 Å². The first-order chi connectivity index (χ1) is 19.5. The third-order valence-corrected chi connectivity index (χ3v) is 6.96.